The maximum absolute atomic E-state index is 11.5. The van der Waals surface area contributed by atoms with Crippen molar-refractivity contribution in [2.75, 3.05) is 18.0 Å². The third kappa shape index (κ3) is 4.30. The average molecular weight is 277 g/mol. The van der Waals surface area contributed by atoms with Gasteiger partial charge in [0.2, 0.25) is 6.29 Å². The number of para-hydroxylation sites is 2. The Morgan fingerprint density at radius 3 is 2.45 bits per heavy atom. The van der Waals surface area contributed by atoms with Gasteiger partial charge in [-0.15, -0.1) is 0 Å². The molecule has 0 spiro atoms. The second-order valence-corrected chi connectivity index (χ2v) is 4.51. The molecule has 0 aliphatic rings. The van der Waals surface area contributed by atoms with Gasteiger partial charge < -0.3 is 14.4 Å². The Bertz CT molecular complexity index is 467. The van der Waals surface area contributed by atoms with Crippen LogP contribution in [0.25, 0.3) is 0 Å². The van der Waals surface area contributed by atoms with Crippen molar-refractivity contribution < 1.29 is 14.3 Å². The van der Waals surface area contributed by atoms with E-state index in [-0.39, 0.29) is 0 Å². The molecule has 4 heteroatoms. The van der Waals surface area contributed by atoms with Crippen molar-refractivity contribution in [3.63, 3.8) is 0 Å². The highest BCUT2D eigenvalue weighted by Crippen LogP contribution is 2.28. The molecular weight excluding hydrogens is 254 g/mol. The van der Waals surface area contributed by atoms with Crippen LogP contribution in [0, 0.1) is 0 Å². The topological polar surface area (TPSA) is 38.8 Å². The van der Waals surface area contributed by atoms with E-state index in [1.807, 2.05) is 24.3 Å². The van der Waals surface area contributed by atoms with Gasteiger partial charge in [-0.1, -0.05) is 18.7 Å². The lowest BCUT2D eigenvalue weighted by Crippen LogP contribution is -2.25. The molecular formula is C16H23NO3. The van der Waals surface area contributed by atoms with Crippen molar-refractivity contribution in [1.29, 1.82) is 0 Å². The molecule has 0 saturated heterocycles. The van der Waals surface area contributed by atoms with Crippen LogP contribution in [0.3, 0.4) is 0 Å². The van der Waals surface area contributed by atoms with Crippen LogP contribution in [0.15, 0.2) is 36.4 Å². The van der Waals surface area contributed by atoms with E-state index >= 15 is 0 Å². The van der Waals surface area contributed by atoms with Crippen molar-refractivity contribution in [3.8, 4) is 5.75 Å². The number of carbonyl (C=O) groups is 1. The third-order valence-electron chi connectivity index (χ3n) is 2.88. The number of benzene rings is 1. The second-order valence-electron chi connectivity index (χ2n) is 4.51. The van der Waals surface area contributed by atoms with E-state index in [9.17, 15) is 4.79 Å². The monoisotopic (exact) mass is 277 g/mol. The fraction of sp³-hybridized carbons (Fsp3) is 0.438. The molecule has 1 rings (SSSR count). The van der Waals surface area contributed by atoms with E-state index < -0.39 is 12.3 Å². The van der Waals surface area contributed by atoms with Gasteiger partial charge in [0.1, 0.15) is 5.75 Å². The summed E-state index contributed by atoms with van der Waals surface area (Å²) in [5.74, 6) is 0.260. The summed E-state index contributed by atoms with van der Waals surface area (Å²) in [4.78, 5) is 13.6. The highest BCUT2D eigenvalue weighted by atomic mass is 16.7. The summed E-state index contributed by atoms with van der Waals surface area (Å²) in [5, 5.41) is 0. The van der Waals surface area contributed by atoms with Crippen LogP contribution in [0.5, 0.6) is 5.75 Å². The van der Waals surface area contributed by atoms with Crippen molar-refractivity contribution in [2.24, 2.45) is 0 Å². The van der Waals surface area contributed by atoms with Crippen LogP contribution in [0.4, 0.5) is 5.69 Å². The number of ether oxygens (including phenoxy) is 2. The molecule has 0 fully saturated rings. The van der Waals surface area contributed by atoms with Gasteiger partial charge >= 0.3 is 5.97 Å². The molecule has 0 saturated carbocycles. The summed E-state index contributed by atoms with van der Waals surface area (Å²) in [5.41, 5.74) is 1.35. The van der Waals surface area contributed by atoms with E-state index in [1.165, 1.54) is 0 Å². The van der Waals surface area contributed by atoms with Crippen LogP contribution >= 0.6 is 0 Å². The van der Waals surface area contributed by atoms with Gasteiger partial charge in [-0.2, -0.15) is 0 Å². The molecule has 0 heterocycles. The summed E-state index contributed by atoms with van der Waals surface area (Å²) in [6.07, 6.45) is -0.657. The number of rotatable bonds is 7. The zero-order valence-corrected chi connectivity index (χ0v) is 12.7. The van der Waals surface area contributed by atoms with E-state index in [1.54, 1.807) is 13.8 Å². The molecule has 1 atom stereocenters. The molecule has 1 aromatic rings. The van der Waals surface area contributed by atoms with Gasteiger partial charge in [0, 0.05) is 25.6 Å². The molecule has 0 bridgehead atoms. The Morgan fingerprint density at radius 1 is 1.30 bits per heavy atom. The van der Waals surface area contributed by atoms with Crippen molar-refractivity contribution in [3.05, 3.63) is 36.4 Å². The molecule has 0 aromatic heterocycles. The zero-order chi connectivity index (χ0) is 15.1. The van der Waals surface area contributed by atoms with E-state index in [4.69, 9.17) is 9.47 Å². The van der Waals surface area contributed by atoms with Crippen LogP contribution < -0.4 is 9.64 Å². The molecule has 0 aliphatic carbocycles. The first kappa shape index (κ1) is 16.1. The summed E-state index contributed by atoms with van der Waals surface area (Å²) < 4.78 is 10.9. The van der Waals surface area contributed by atoms with Crippen molar-refractivity contribution in [1.82, 2.24) is 0 Å². The Balaban J connectivity index is 2.81. The third-order valence-corrected chi connectivity index (χ3v) is 2.88. The van der Waals surface area contributed by atoms with Gasteiger partial charge in [-0.25, -0.2) is 4.79 Å². The lowest BCUT2D eigenvalue weighted by molar-refractivity contribution is -0.156. The van der Waals surface area contributed by atoms with E-state index in [0.29, 0.717) is 11.3 Å². The van der Waals surface area contributed by atoms with Gasteiger partial charge in [-0.3, -0.25) is 0 Å². The van der Waals surface area contributed by atoms with Gasteiger partial charge in [0.15, 0.2) is 0 Å². The molecule has 1 unspecified atom stereocenters. The highest BCUT2D eigenvalue weighted by Gasteiger charge is 2.15. The van der Waals surface area contributed by atoms with Crippen LogP contribution in [0.2, 0.25) is 0 Å². The minimum absolute atomic E-state index is 0.359. The van der Waals surface area contributed by atoms with E-state index in [2.05, 4.69) is 25.3 Å². The lowest BCUT2D eigenvalue weighted by Gasteiger charge is -2.25. The Kier molecular flexibility index (Phi) is 6.10. The highest BCUT2D eigenvalue weighted by molar-refractivity contribution is 5.87. The van der Waals surface area contributed by atoms with Crippen molar-refractivity contribution in [2.45, 2.75) is 34.0 Å². The Hall–Kier alpha value is -1.97. The first-order valence-corrected chi connectivity index (χ1v) is 6.86. The predicted octanol–water partition coefficient (Wildman–Crippen LogP) is 3.38. The normalized spacial score (nSPS) is 11.6. The fourth-order valence-corrected chi connectivity index (χ4v) is 1.84. The summed E-state index contributed by atoms with van der Waals surface area (Å²) >= 11 is 0. The summed E-state index contributed by atoms with van der Waals surface area (Å²) in [6.45, 7) is 12.8. The fourth-order valence-electron chi connectivity index (χ4n) is 1.84. The molecule has 110 valence electrons. The molecule has 4 nitrogen and oxygen atoms in total. The van der Waals surface area contributed by atoms with Crippen LogP contribution in [-0.2, 0) is 9.53 Å². The molecule has 0 N–H and O–H groups in total. The standard InChI is InChI=1S/C16H23NO3/c1-6-17(7-2)14-10-8-9-11-15(14)19-13(5)20-16(18)12(3)4/h8-11,13H,3,6-7H2,1-2,4-5H3. The largest absolute Gasteiger partial charge is 0.453 e. The number of nitrogens with zero attached hydrogens (tertiary/aromatic N) is 1. The first-order valence-electron chi connectivity index (χ1n) is 6.86. The molecule has 0 amide bonds. The summed E-state index contributed by atoms with van der Waals surface area (Å²) in [7, 11) is 0. The molecule has 0 radical (unpaired) electrons. The molecule has 1 aromatic carbocycles. The Labute approximate surface area is 121 Å². The predicted molar refractivity (Wildman–Crippen MR) is 81.0 cm³/mol. The lowest BCUT2D eigenvalue weighted by atomic mass is 10.2. The van der Waals surface area contributed by atoms with Crippen LogP contribution in [0.1, 0.15) is 27.7 Å². The number of anilines is 1. The Morgan fingerprint density at radius 2 is 1.90 bits per heavy atom. The maximum Gasteiger partial charge on any atom is 0.336 e. The number of hydrogen-bond acceptors (Lipinski definition) is 4. The van der Waals surface area contributed by atoms with E-state index in [0.717, 1.165) is 18.8 Å². The molecule has 20 heavy (non-hydrogen) atoms. The van der Waals surface area contributed by atoms with Gasteiger partial charge in [0.05, 0.1) is 5.69 Å². The number of hydrogen-bond donors (Lipinski definition) is 0. The van der Waals surface area contributed by atoms with Gasteiger partial charge in [-0.05, 0) is 32.9 Å². The zero-order valence-electron chi connectivity index (χ0n) is 12.7. The average Bonchev–Trinajstić information content (AvgIpc) is 2.41. The number of carbonyl (C=O) groups excluding carboxylic acids is 1. The maximum atomic E-state index is 11.5. The van der Waals surface area contributed by atoms with Gasteiger partial charge in [0.25, 0.3) is 0 Å². The first-order chi connectivity index (χ1) is 9.49. The quantitative estimate of drug-likeness (QED) is 0.435. The smallest absolute Gasteiger partial charge is 0.336 e. The van der Waals surface area contributed by atoms with Crippen molar-refractivity contribution >= 4 is 11.7 Å². The SMILES string of the molecule is C=C(C)C(=O)OC(C)Oc1ccccc1N(CC)CC. The summed E-state index contributed by atoms with van der Waals surface area (Å²) in [6, 6.07) is 7.73. The minimum atomic E-state index is -0.657. The molecule has 0 aliphatic heterocycles. The minimum Gasteiger partial charge on any atom is -0.453 e. The second kappa shape index (κ2) is 7.58. The number of esters is 1. The van der Waals surface area contributed by atoms with Crippen LogP contribution in [-0.4, -0.2) is 25.3 Å².